The molecule has 0 saturated carbocycles. The van der Waals surface area contributed by atoms with Crippen LogP contribution in [0.3, 0.4) is 0 Å². The van der Waals surface area contributed by atoms with Crippen LogP contribution in [0.2, 0.25) is 0 Å². The number of hydrogen-bond donors (Lipinski definition) is 0. The normalized spacial score (nSPS) is 17.9. The lowest BCUT2D eigenvalue weighted by atomic mass is 9.88. The molecule has 0 radical (unpaired) electrons. The molecular weight excluding hydrogens is 457 g/mol. The zero-order valence-electron chi connectivity index (χ0n) is 20.7. The van der Waals surface area contributed by atoms with Crippen molar-refractivity contribution in [3.05, 3.63) is 111 Å². The average molecular weight is 490 g/mol. The average Bonchev–Trinajstić information content (AvgIpc) is 3.26. The monoisotopic (exact) mass is 489 g/mol. The van der Waals surface area contributed by atoms with E-state index in [4.69, 9.17) is 0 Å². The van der Waals surface area contributed by atoms with Gasteiger partial charge in [0.2, 0.25) is 0 Å². The van der Waals surface area contributed by atoms with Crippen molar-refractivity contribution in [3.8, 4) is 0 Å². The highest BCUT2D eigenvalue weighted by Gasteiger charge is 2.36. The van der Waals surface area contributed by atoms with E-state index in [1.165, 1.54) is 23.8 Å². The third-order valence-electron chi connectivity index (χ3n) is 6.73. The summed E-state index contributed by atoms with van der Waals surface area (Å²) in [5.74, 6) is -0.148. The number of nitrogens with zero attached hydrogens (tertiary/aromatic N) is 3. The molecule has 7 heteroatoms. The minimum Gasteiger partial charge on any atom is -0.338 e. The summed E-state index contributed by atoms with van der Waals surface area (Å²) in [6.07, 6.45) is 0. The van der Waals surface area contributed by atoms with Crippen molar-refractivity contribution in [3.63, 3.8) is 0 Å². The molecule has 1 aliphatic rings. The Morgan fingerprint density at radius 3 is 2.33 bits per heavy atom. The number of nitro benzene ring substituents is 1. The molecule has 0 aliphatic carbocycles. The van der Waals surface area contributed by atoms with E-state index in [9.17, 15) is 19.3 Å². The first-order valence-electron chi connectivity index (χ1n) is 12.4. The topological polar surface area (TPSA) is 66.7 Å². The molecule has 6 nitrogen and oxygen atoms in total. The van der Waals surface area contributed by atoms with Crippen molar-refractivity contribution in [1.29, 1.82) is 0 Å². The van der Waals surface area contributed by atoms with Crippen LogP contribution in [-0.4, -0.2) is 46.8 Å². The quantitative estimate of drug-likeness (QED) is 0.284. The molecular formula is C29H32FN3O3. The molecule has 1 aliphatic heterocycles. The van der Waals surface area contributed by atoms with Crippen LogP contribution in [0.4, 0.5) is 10.1 Å². The smallest absolute Gasteiger partial charge is 0.269 e. The van der Waals surface area contributed by atoms with Gasteiger partial charge in [0.25, 0.3) is 11.6 Å². The molecule has 1 saturated heterocycles. The molecule has 2 unspecified atom stereocenters. The van der Waals surface area contributed by atoms with Gasteiger partial charge < -0.3 is 4.90 Å². The molecule has 1 amide bonds. The summed E-state index contributed by atoms with van der Waals surface area (Å²) in [4.78, 5) is 28.2. The van der Waals surface area contributed by atoms with Gasteiger partial charge in [-0.05, 0) is 35.1 Å². The lowest BCUT2D eigenvalue weighted by Gasteiger charge is -2.30. The Balaban J connectivity index is 1.56. The van der Waals surface area contributed by atoms with Gasteiger partial charge in [0.05, 0.1) is 10.5 Å². The number of carbonyl (C=O) groups is 1. The Bertz CT molecular complexity index is 1180. The molecule has 36 heavy (non-hydrogen) atoms. The van der Waals surface area contributed by atoms with E-state index in [2.05, 4.69) is 30.9 Å². The number of hydrogen-bond acceptors (Lipinski definition) is 4. The highest BCUT2D eigenvalue weighted by molar-refractivity contribution is 5.94. The van der Waals surface area contributed by atoms with Gasteiger partial charge in [-0.25, -0.2) is 4.39 Å². The van der Waals surface area contributed by atoms with Gasteiger partial charge in [-0.1, -0.05) is 68.4 Å². The molecule has 188 valence electrons. The largest absolute Gasteiger partial charge is 0.338 e. The molecule has 2 atom stereocenters. The summed E-state index contributed by atoms with van der Waals surface area (Å²) in [7, 11) is 0. The number of rotatable bonds is 9. The van der Waals surface area contributed by atoms with Gasteiger partial charge in [0, 0.05) is 50.8 Å². The van der Waals surface area contributed by atoms with E-state index < -0.39 is 10.7 Å². The third kappa shape index (κ3) is 6.15. The number of likely N-dealkylation sites (tertiary alicyclic amines) is 1. The Morgan fingerprint density at radius 2 is 1.69 bits per heavy atom. The van der Waals surface area contributed by atoms with Crippen molar-refractivity contribution >= 4 is 11.6 Å². The number of non-ortho nitro benzene ring substituents is 1. The second kappa shape index (κ2) is 11.4. The van der Waals surface area contributed by atoms with Gasteiger partial charge in [0.1, 0.15) is 5.82 Å². The maximum atomic E-state index is 14.5. The van der Waals surface area contributed by atoms with E-state index in [0.717, 1.165) is 18.7 Å². The molecule has 1 heterocycles. The SMILES string of the molecule is CC(C)CN(CC1CN(Cc2ccc([N+](=O)[O-])cc2)CC1c1ccccc1)C(=O)c1ccccc1F. The fourth-order valence-corrected chi connectivity index (χ4v) is 5.10. The molecule has 4 rings (SSSR count). The van der Waals surface area contributed by atoms with Crippen molar-refractivity contribution in [2.75, 3.05) is 26.2 Å². The zero-order valence-corrected chi connectivity index (χ0v) is 20.7. The Hall–Kier alpha value is -3.58. The summed E-state index contributed by atoms with van der Waals surface area (Å²) < 4.78 is 14.5. The van der Waals surface area contributed by atoms with Crippen molar-refractivity contribution < 1.29 is 14.1 Å². The number of amides is 1. The summed E-state index contributed by atoms with van der Waals surface area (Å²) in [6, 6.07) is 23.1. The highest BCUT2D eigenvalue weighted by Crippen LogP contribution is 2.34. The maximum Gasteiger partial charge on any atom is 0.269 e. The van der Waals surface area contributed by atoms with Gasteiger partial charge in [-0.3, -0.25) is 19.8 Å². The van der Waals surface area contributed by atoms with Crippen molar-refractivity contribution in [2.45, 2.75) is 26.3 Å². The minimum atomic E-state index is -0.498. The van der Waals surface area contributed by atoms with E-state index in [-0.39, 0.29) is 34.9 Å². The summed E-state index contributed by atoms with van der Waals surface area (Å²) in [5.41, 5.74) is 2.41. The highest BCUT2D eigenvalue weighted by atomic mass is 19.1. The Morgan fingerprint density at radius 1 is 1.03 bits per heavy atom. The standard InChI is InChI=1S/C29H32FN3O3/c1-21(2)16-32(29(34)26-10-6-7-11-28(26)30)19-24-18-31(20-27(24)23-8-4-3-5-9-23)17-22-12-14-25(15-13-22)33(35)36/h3-15,21,24,27H,16-20H2,1-2H3. The van der Waals surface area contributed by atoms with Gasteiger partial charge >= 0.3 is 0 Å². The third-order valence-corrected chi connectivity index (χ3v) is 6.73. The van der Waals surface area contributed by atoms with E-state index in [0.29, 0.717) is 19.6 Å². The maximum absolute atomic E-state index is 14.5. The predicted molar refractivity (Wildman–Crippen MR) is 138 cm³/mol. The van der Waals surface area contributed by atoms with Crippen LogP contribution in [0.15, 0.2) is 78.9 Å². The number of nitro groups is 1. The van der Waals surface area contributed by atoms with Crippen LogP contribution in [0.1, 0.15) is 41.3 Å². The lowest BCUT2D eigenvalue weighted by Crippen LogP contribution is -2.40. The number of halogens is 1. The summed E-state index contributed by atoms with van der Waals surface area (Å²) in [5, 5.41) is 11.0. The molecule has 0 spiro atoms. The van der Waals surface area contributed by atoms with Gasteiger partial charge in [-0.2, -0.15) is 0 Å². The fraction of sp³-hybridized carbons (Fsp3) is 0.345. The van der Waals surface area contributed by atoms with Crippen LogP contribution in [0, 0.1) is 27.8 Å². The summed E-state index contributed by atoms with van der Waals surface area (Å²) >= 11 is 0. The van der Waals surface area contributed by atoms with Crippen molar-refractivity contribution in [2.24, 2.45) is 11.8 Å². The van der Waals surface area contributed by atoms with Crippen LogP contribution < -0.4 is 0 Å². The first kappa shape index (κ1) is 25.5. The molecule has 0 aromatic heterocycles. The fourth-order valence-electron chi connectivity index (χ4n) is 5.10. The summed E-state index contributed by atoms with van der Waals surface area (Å²) in [6.45, 7) is 7.46. The van der Waals surface area contributed by atoms with Crippen LogP contribution in [0.25, 0.3) is 0 Å². The van der Waals surface area contributed by atoms with Crippen molar-refractivity contribution in [1.82, 2.24) is 9.80 Å². The zero-order chi connectivity index (χ0) is 25.7. The van der Waals surface area contributed by atoms with Crippen LogP contribution in [0.5, 0.6) is 0 Å². The molecule has 3 aromatic carbocycles. The first-order chi connectivity index (χ1) is 17.3. The molecule has 1 fully saturated rings. The molecule has 3 aromatic rings. The second-order valence-electron chi connectivity index (χ2n) is 9.98. The van der Waals surface area contributed by atoms with E-state index in [1.54, 1.807) is 35.2 Å². The molecule has 0 bridgehead atoms. The Labute approximate surface area is 211 Å². The Kier molecular flexibility index (Phi) is 8.10. The molecule has 0 N–H and O–H groups in total. The minimum absolute atomic E-state index is 0.0798. The van der Waals surface area contributed by atoms with E-state index >= 15 is 0 Å². The van der Waals surface area contributed by atoms with Crippen LogP contribution in [-0.2, 0) is 6.54 Å². The lowest BCUT2D eigenvalue weighted by molar-refractivity contribution is -0.384. The van der Waals surface area contributed by atoms with E-state index in [1.807, 2.05) is 18.2 Å². The number of carbonyl (C=O) groups excluding carboxylic acids is 1. The van der Waals surface area contributed by atoms with Gasteiger partial charge in [-0.15, -0.1) is 0 Å². The first-order valence-corrected chi connectivity index (χ1v) is 12.4. The van der Waals surface area contributed by atoms with Gasteiger partial charge in [0.15, 0.2) is 0 Å². The number of benzene rings is 3. The predicted octanol–water partition coefficient (Wildman–Crippen LogP) is 5.75. The second-order valence-corrected chi connectivity index (χ2v) is 9.98. The van der Waals surface area contributed by atoms with Crippen LogP contribution >= 0.6 is 0 Å².